The average molecular weight is 330 g/mol. The van der Waals surface area contributed by atoms with Crippen LogP contribution in [0.4, 0.5) is 18.9 Å². The summed E-state index contributed by atoms with van der Waals surface area (Å²) in [5.41, 5.74) is -1.21. The van der Waals surface area contributed by atoms with Crippen molar-refractivity contribution >= 4 is 17.5 Å². The molecule has 2 rings (SSSR count). The lowest BCUT2D eigenvalue weighted by Gasteiger charge is -2.18. The van der Waals surface area contributed by atoms with Gasteiger partial charge in [-0.2, -0.15) is 13.2 Å². The van der Waals surface area contributed by atoms with Gasteiger partial charge in [0.2, 0.25) is 5.91 Å². The molecule has 23 heavy (non-hydrogen) atoms. The van der Waals surface area contributed by atoms with Gasteiger partial charge in [0, 0.05) is 43.8 Å². The molecule has 126 valence electrons. The van der Waals surface area contributed by atoms with Gasteiger partial charge in [0.25, 0.3) is 5.91 Å². The van der Waals surface area contributed by atoms with Crippen LogP contribution in [-0.2, 0) is 11.0 Å². The van der Waals surface area contributed by atoms with Crippen molar-refractivity contribution in [1.82, 2.24) is 4.90 Å². The normalized spacial score (nSPS) is 18.1. The van der Waals surface area contributed by atoms with E-state index in [1.54, 1.807) is 0 Å². The van der Waals surface area contributed by atoms with E-state index in [1.165, 1.54) is 17.9 Å². The van der Waals surface area contributed by atoms with Crippen molar-refractivity contribution in [2.75, 3.05) is 25.0 Å². The van der Waals surface area contributed by atoms with Crippen LogP contribution in [0.2, 0.25) is 0 Å². The third kappa shape index (κ3) is 4.22. The highest BCUT2D eigenvalue weighted by Gasteiger charge is 2.33. The van der Waals surface area contributed by atoms with Gasteiger partial charge in [-0.15, -0.1) is 0 Å². The van der Waals surface area contributed by atoms with Gasteiger partial charge in [-0.1, -0.05) is 0 Å². The van der Waals surface area contributed by atoms with Crippen LogP contribution < -0.4 is 5.32 Å². The summed E-state index contributed by atoms with van der Waals surface area (Å²) in [7, 11) is 0. The van der Waals surface area contributed by atoms with Crippen molar-refractivity contribution < 1.29 is 27.9 Å². The third-order valence-electron chi connectivity index (χ3n) is 3.66. The topological polar surface area (TPSA) is 69.6 Å². The van der Waals surface area contributed by atoms with Crippen LogP contribution in [0.5, 0.6) is 0 Å². The molecule has 0 aromatic heterocycles. The van der Waals surface area contributed by atoms with Crippen molar-refractivity contribution in [3.8, 4) is 0 Å². The van der Waals surface area contributed by atoms with E-state index >= 15 is 0 Å². The molecule has 0 aliphatic carbocycles. The van der Waals surface area contributed by atoms with Gasteiger partial charge in [-0.3, -0.25) is 9.59 Å². The number of amides is 2. The highest BCUT2D eigenvalue weighted by molar-refractivity contribution is 5.97. The number of aliphatic hydroxyl groups excluding tert-OH is 1. The number of anilines is 1. The molecule has 1 saturated heterocycles. The second-order valence-corrected chi connectivity index (χ2v) is 5.57. The molecule has 0 spiro atoms. The van der Waals surface area contributed by atoms with Crippen LogP contribution in [0.3, 0.4) is 0 Å². The van der Waals surface area contributed by atoms with Gasteiger partial charge in [-0.05, 0) is 24.6 Å². The zero-order chi connectivity index (χ0) is 17.2. The predicted octanol–water partition coefficient (Wildman–Crippen LogP) is 2.12. The van der Waals surface area contributed by atoms with Crippen LogP contribution in [0, 0.1) is 5.92 Å². The van der Waals surface area contributed by atoms with Crippen molar-refractivity contribution in [3.05, 3.63) is 29.3 Å². The fraction of sp³-hybridized carbons (Fsp3) is 0.467. The Kier molecular flexibility index (Phi) is 4.93. The SMILES string of the molecule is CC(=O)Nc1cc(C(=O)N2CCC(CO)C2)cc(C(F)(F)F)c1. The summed E-state index contributed by atoms with van der Waals surface area (Å²) in [6.45, 7) is 1.80. The maximum absolute atomic E-state index is 13.0. The number of rotatable bonds is 3. The molecule has 1 aliphatic heterocycles. The number of likely N-dealkylation sites (tertiary alicyclic amines) is 1. The third-order valence-corrected chi connectivity index (χ3v) is 3.66. The van der Waals surface area contributed by atoms with Crippen LogP contribution in [0.25, 0.3) is 0 Å². The van der Waals surface area contributed by atoms with E-state index in [1.807, 2.05) is 0 Å². The zero-order valence-electron chi connectivity index (χ0n) is 12.5. The Morgan fingerprint density at radius 3 is 2.57 bits per heavy atom. The quantitative estimate of drug-likeness (QED) is 0.892. The maximum Gasteiger partial charge on any atom is 0.416 e. The van der Waals surface area contributed by atoms with Gasteiger partial charge in [0.1, 0.15) is 0 Å². The Hall–Kier alpha value is -2.09. The summed E-state index contributed by atoms with van der Waals surface area (Å²) in [4.78, 5) is 24.9. The number of benzene rings is 1. The molecule has 5 nitrogen and oxygen atoms in total. The Morgan fingerprint density at radius 2 is 2.04 bits per heavy atom. The lowest BCUT2D eigenvalue weighted by Crippen LogP contribution is -2.29. The molecule has 1 heterocycles. The summed E-state index contributed by atoms with van der Waals surface area (Å²) < 4.78 is 38.9. The molecule has 2 N–H and O–H groups in total. The molecule has 8 heteroatoms. The van der Waals surface area contributed by atoms with Crippen LogP contribution in [0.15, 0.2) is 18.2 Å². The van der Waals surface area contributed by atoms with Crippen molar-refractivity contribution in [1.29, 1.82) is 0 Å². The molecule has 0 radical (unpaired) electrons. The molecule has 1 aromatic carbocycles. The van der Waals surface area contributed by atoms with Gasteiger partial charge in [0.15, 0.2) is 0 Å². The molecular formula is C15H17F3N2O3. The largest absolute Gasteiger partial charge is 0.416 e. The van der Waals surface area contributed by atoms with Gasteiger partial charge < -0.3 is 15.3 Å². The fourth-order valence-corrected chi connectivity index (χ4v) is 2.54. The second kappa shape index (κ2) is 6.57. The first-order valence-corrected chi connectivity index (χ1v) is 7.10. The van der Waals surface area contributed by atoms with E-state index in [0.29, 0.717) is 19.5 Å². The smallest absolute Gasteiger partial charge is 0.396 e. The summed E-state index contributed by atoms with van der Waals surface area (Å²) >= 11 is 0. The number of hydrogen-bond acceptors (Lipinski definition) is 3. The van der Waals surface area contributed by atoms with Crippen LogP contribution >= 0.6 is 0 Å². The van der Waals surface area contributed by atoms with Crippen LogP contribution in [-0.4, -0.2) is 41.5 Å². The first-order chi connectivity index (χ1) is 10.7. The standard InChI is InChI=1S/C15H17F3N2O3/c1-9(22)19-13-5-11(4-12(6-13)15(16,17)18)14(23)20-3-2-10(7-20)8-21/h4-6,10,21H,2-3,7-8H2,1H3,(H,19,22). The van der Waals surface area contributed by atoms with E-state index in [9.17, 15) is 22.8 Å². The summed E-state index contributed by atoms with van der Waals surface area (Å²) in [6.07, 6.45) is -4.01. The van der Waals surface area contributed by atoms with Crippen molar-refractivity contribution in [2.24, 2.45) is 5.92 Å². The predicted molar refractivity (Wildman–Crippen MR) is 76.8 cm³/mol. The molecule has 1 aliphatic rings. The Labute approximate surface area is 131 Å². The Morgan fingerprint density at radius 1 is 1.35 bits per heavy atom. The number of nitrogens with zero attached hydrogens (tertiary/aromatic N) is 1. The number of aliphatic hydroxyl groups is 1. The average Bonchev–Trinajstić information content (AvgIpc) is 2.93. The number of carbonyl (C=O) groups excluding carboxylic acids is 2. The van der Waals surface area contributed by atoms with E-state index in [0.717, 1.165) is 12.1 Å². The molecule has 1 aromatic rings. The number of alkyl halides is 3. The molecular weight excluding hydrogens is 313 g/mol. The summed E-state index contributed by atoms with van der Waals surface area (Å²) in [6, 6.07) is 2.80. The summed E-state index contributed by atoms with van der Waals surface area (Å²) in [5.74, 6) is -1.12. The minimum atomic E-state index is -4.62. The van der Waals surface area contributed by atoms with Gasteiger partial charge in [0.05, 0.1) is 5.56 Å². The Balaban J connectivity index is 2.33. The fourth-order valence-electron chi connectivity index (χ4n) is 2.54. The van der Waals surface area contributed by atoms with E-state index in [4.69, 9.17) is 5.11 Å². The van der Waals surface area contributed by atoms with E-state index in [-0.39, 0.29) is 23.8 Å². The van der Waals surface area contributed by atoms with Crippen molar-refractivity contribution in [3.63, 3.8) is 0 Å². The molecule has 1 unspecified atom stereocenters. The minimum absolute atomic E-state index is 0.0560. The highest BCUT2D eigenvalue weighted by atomic mass is 19.4. The first kappa shape index (κ1) is 17.3. The zero-order valence-corrected chi connectivity index (χ0v) is 12.5. The Bertz CT molecular complexity index is 616. The molecule has 2 amide bonds. The lowest BCUT2D eigenvalue weighted by atomic mass is 10.1. The number of carbonyl (C=O) groups is 2. The summed E-state index contributed by atoms with van der Waals surface area (Å²) in [5, 5.41) is 11.4. The molecule has 1 fully saturated rings. The minimum Gasteiger partial charge on any atom is -0.396 e. The lowest BCUT2D eigenvalue weighted by molar-refractivity contribution is -0.137. The monoisotopic (exact) mass is 330 g/mol. The van der Waals surface area contributed by atoms with Crippen molar-refractivity contribution in [2.45, 2.75) is 19.5 Å². The number of halogens is 3. The van der Waals surface area contributed by atoms with Gasteiger partial charge >= 0.3 is 6.18 Å². The van der Waals surface area contributed by atoms with Gasteiger partial charge in [-0.25, -0.2) is 0 Å². The van der Waals surface area contributed by atoms with E-state index < -0.39 is 23.6 Å². The number of nitrogens with one attached hydrogen (secondary N) is 1. The first-order valence-electron chi connectivity index (χ1n) is 7.10. The second-order valence-electron chi connectivity index (χ2n) is 5.57. The molecule has 0 bridgehead atoms. The molecule has 1 atom stereocenters. The maximum atomic E-state index is 13.0. The number of hydrogen-bond donors (Lipinski definition) is 2. The molecule has 0 saturated carbocycles. The van der Waals surface area contributed by atoms with E-state index in [2.05, 4.69) is 5.32 Å². The van der Waals surface area contributed by atoms with Crippen LogP contribution in [0.1, 0.15) is 29.3 Å². The highest BCUT2D eigenvalue weighted by Crippen LogP contribution is 2.32.